The van der Waals surface area contributed by atoms with Crippen molar-refractivity contribution in [3.63, 3.8) is 0 Å². The molecule has 1 aromatic rings. The molecule has 0 radical (unpaired) electrons. The van der Waals surface area contributed by atoms with Gasteiger partial charge >= 0.3 is 0 Å². The first kappa shape index (κ1) is 17.4. The Morgan fingerprint density at radius 3 is 2.42 bits per heavy atom. The fraction of sp³-hybridized carbons (Fsp3) is 0.611. The van der Waals surface area contributed by atoms with Crippen LogP contribution in [0.15, 0.2) is 30.3 Å². The van der Waals surface area contributed by atoms with Crippen LogP contribution >= 0.6 is 0 Å². The second-order valence-electron chi connectivity index (χ2n) is 7.04. The molecular formula is C18H26N2O3S. The Morgan fingerprint density at radius 2 is 1.83 bits per heavy atom. The highest BCUT2D eigenvalue weighted by atomic mass is 32.2. The second-order valence-corrected chi connectivity index (χ2v) is 9.27. The average molecular weight is 350 g/mol. The van der Waals surface area contributed by atoms with E-state index in [0.717, 1.165) is 25.9 Å². The summed E-state index contributed by atoms with van der Waals surface area (Å²) in [5.74, 6) is 1.09. The van der Waals surface area contributed by atoms with Crippen molar-refractivity contribution in [1.82, 2.24) is 9.80 Å². The van der Waals surface area contributed by atoms with E-state index in [1.165, 1.54) is 5.56 Å². The molecule has 0 spiro atoms. The predicted molar refractivity (Wildman–Crippen MR) is 94.7 cm³/mol. The lowest BCUT2D eigenvalue weighted by Crippen LogP contribution is -2.45. The molecule has 5 nitrogen and oxygen atoms in total. The molecule has 0 saturated carbocycles. The summed E-state index contributed by atoms with van der Waals surface area (Å²) in [5.41, 5.74) is 1.36. The van der Waals surface area contributed by atoms with Crippen molar-refractivity contribution in [2.24, 2.45) is 0 Å². The topological polar surface area (TPSA) is 57.7 Å². The van der Waals surface area contributed by atoms with Crippen LogP contribution in [0.5, 0.6) is 0 Å². The van der Waals surface area contributed by atoms with E-state index in [-0.39, 0.29) is 23.5 Å². The molecule has 1 unspecified atom stereocenters. The number of carbonyl (C=O) groups excluding carboxylic acids is 1. The van der Waals surface area contributed by atoms with Crippen LogP contribution in [0.2, 0.25) is 0 Å². The van der Waals surface area contributed by atoms with Gasteiger partial charge in [-0.15, -0.1) is 0 Å². The molecule has 0 bridgehead atoms. The molecule has 1 aromatic carbocycles. The van der Waals surface area contributed by atoms with Crippen molar-refractivity contribution in [1.29, 1.82) is 0 Å². The molecule has 2 fully saturated rings. The van der Waals surface area contributed by atoms with Crippen LogP contribution in [0.1, 0.15) is 30.7 Å². The SMILES string of the molecule is CN(CC(=O)N1CCC(c2ccccc2)CC1)C1CCS(=O)(=O)C1. The summed E-state index contributed by atoms with van der Waals surface area (Å²) in [5, 5.41) is 0. The highest BCUT2D eigenvalue weighted by Crippen LogP contribution is 2.28. The first-order valence-electron chi connectivity index (χ1n) is 8.68. The Labute approximate surface area is 144 Å². The maximum atomic E-state index is 12.5. The number of amides is 1. The summed E-state index contributed by atoms with van der Waals surface area (Å²) in [6.45, 7) is 1.89. The highest BCUT2D eigenvalue weighted by molar-refractivity contribution is 7.91. The van der Waals surface area contributed by atoms with E-state index in [1.807, 2.05) is 22.9 Å². The molecule has 0 aromatic heterocycles. The molecule has 0 N–H and O–H groups in total. The van der Waals surface area contributed by atoms with E-state index in [9.17, 15) is 13.2 Å². The van der Waals surface area contributed by atoms with E-state index in [4.69, 9.17) is 0 Å². The van der Waals surface area contributed by atoms with Crippen molar-refractivity contribution < 1.29 is 13.2 Å². The molecule has 2 aliphatic heterocycles. The third-order valence-electron chi connectivity index (χ3n) is 5.34. The van der Waals surface area contributed by atoms with Crippen molar-refractivity contribution in [2.75, 3.05) is 38.2 Å². The van der Waals surface area contributed by atoms with Crippen molar-refractivity contribution in [2.45, 2.75) is 31.2 Å². The Balaban J connectivity index is 1.49. The zero-order chi connectivity index (χ0) is 17.2. The van der Waals surface area contributed by atoms with Gasteiger partial charge < -0.3 is 4.90 Å². The molecule has 1 atom stereocenters. The lowest BCUT2D eigenvalue weighted by molar-refractivity contribution is -0.133. The molecule has 3 rings (SSSR count). The summed E-state index contributed by atoms with van der Waals surface area (Å²) in [7, 11) is -1.04. The third kappa shape index (κ3) is 4.16. The van der Waals surface area contributed by atoms with Crippen molar-refractivity contribution in [3.05, 3.63) is 35.9 Å². The number of rotatable bonds is 4. The number of hydrogen-bond donors (Lipinski definition) is 0. The zero-order valence-electron chi connectivity index (χ0n) is 14.2. The molecule has 6 heteroatoms. The smallest absolute Gasteiger partial charge is 0.236 e. The van der Waals surface area contributed by atoms with Crippen molar-refractivity contribution in [3.8, 4) is 0 Å². The van der Waals surface area contributed by atoms with E-state index < -0.39 is 9.84 Å². The van der Waals surface area contributed by atoms with Crippen LogP contribution in [0.25, 0.3) is 0 Å². The van der Waals surface area contributed by atoms with Gasteiger partial charge in [0.25, 0.3) is 0 Å². The minimum Gasteiger partial charge on any atom is -0.342 e. The Kier molecular flexibility index (Phi) is 5.25. The molecule has 2 aliphatic rings. The Morgan fingerprint density at radius 1 is 1.17 bits per heavy atom. The average Bonchev–Trinajstić information content (AvgIpc) is 2.96. The fourth-order valence-electron chi connectivity index (χ4n) is 3.75. The first-order valence-corrected chi connectivity index (χ1v) is 10.5. The number of likely N-dealkylation sites (N-methyl/N-ethyl adjacent to an activating group) is 1. The van der Waals surface area contributed by atoms with Gasteiger partial charge in [0.05, 0.1) is 18.1 Å². The van der Waals surface area contributed by atoms with Gasteiger partial charge in [0.15, 0.2) is 9.84 Å². The number of sulfone groups is 1. The van der Waals surface area contributed by atoms with Crippen LogP contribution < -0.4 is 0 Å². The van der Waals surface area contributed by atoms with Gasteiger partial charge in [-0.05, 0) is 37.8 Å². The summed E-state index contributed by atoms with van der Waals surface area (Å²) in [4.78, 5) is 16.3. The number of hydrogen-bond acceptors (Lipinski definition) is 4. The van der Waals surface area contributed by atoms with Crippen LogP contribution in [0.4, 0.5) is 0 Å². The van der Waals surface area contributed by atoms with Crippen LogP contribution in [0, 0.1) is 0 Å². The molecule has 1 amide bonds. The monoisotopic (exact) mass is 350 g/mol. The number of carbonyl (C=O) groups is 1. The number of benzene rings is 1. The Hall–Kier alpha value is -1.40. The highest BCUT2D eigenvalue weighted by Gasteiger charge is 2.32. The van der Waals surface area contributed by atoms with Crippen LogP contribution in [-0.2, 0) is 14.6 Å². The molecule has 0 aliphatic carbocycles. The molecular weight excluding hydrogens is 324 g/mol. The summed E-state index contributed by atoms with van der Waals surface area (Å²) in [6, 6.07) is 10.5. The maximum Gasteiger partial charge on any atom is 0.236 e. The van der Waals surface area contributed by atoms with E-state index in [0.29, 0.717) is 18.9 Å². The maximum absolute atomic E-state index is 12.5. The van der Waals surface area contributed by atoms with Gasteiger partial charge in [0.1, 0.15) is 0 Å². The standard InChI is InChI=1S/C18H26N2O3S/c1-19(17-9-12-24(22,23)14-17)13-18(21)20-10-7-16(8-11-20)15-5-3-2-4-6-15/h2-6,16-17H,7-14H2,1H3. The lowest BCUT2D eigenvalue weighted by atomic mass is 9.89. The number of likely N-dealkylation sites (tertiary alicyclic amines) is 1. The van der Waals surface area contributed by atoms with Gasteiger partial charge in [-0.3, -0.25) is 9.69 Å². The third-order valence-corrected chi connectivity index (χ3v) is 7.09. The molecule has 2 heterocycles. The van der Waals surface area contributed by atoms with E-state index in [1.54, 1.807) is 0 Å². The molecule has 132 valence electrons. The first-order chi connectivity index (χ1) is 11.4. The fourth-order valence-corrected chi connectivity index (χ4v) is 5.56. The second kappa shape index (κ2) is 7.23. The van der Waals surface area contributed by atoms with E-state index in [2.05, 4.69) is 24.3 Å². The van der Waals surface area contributed by atoms with Crippen molar-refractivity contribution >= 4 is 15.7 Å². The van der Waals surface area contributed by atoms with Gasteiger partial charge in [0.2, 0.25) is 5.91 Å². The van der Waals surface area contributed by atoms with Gasteiger partial charge in [-0.1, -0.05) is 30.3 Å². The summed E-state index contributed by atoms with van der Waals surface area (Å²) < 4.78 is 23.2. The largest absolute Gasteiger partial charge is 0.342 e. The summed E-state index contributed by atoms with van der Waals surface area (Å²) >= 11 is 0. The number of piperidine rings is 1. The minimum atomic E-state index is -2.91. The zero-order valence-corrected chi connectivity index (χ0v) is 15.0. The lowest BCUT2D eigenvalue weighted by Gasteiger charge is -2.34. The molecule has 2 saturated heterocycles. The minimum absolute atomic E-state index is 0.0131. The van der Waals surface area contributed by atoms with Crippen LogP contribution in [-0.4, -0.2) is 68.4 Å². The quantitative estimate of drug-likeness (QED) is 0.826. The van der Waals surface area contributed by atoms with E-state index >= 15 is 0 Å². The van der Waals surface area contributed by atoms with Gasteiger partial charge in [-0.25, -0.2) is 8.42 Å². The van der Waals surface area contributed by atoms with Crippen LogP contribution in [0.3, 0.4) is 0 Å². The Bertz CT molecular complexity index is 667. The predicted octanol–water partition coefficient (Wildman–Crippen LogP) is 1.51. The normalized spacial score (nSPS) is 24.4. The summed E-state index contributed by atoms with van der Waals surface area (Å²) in [6.07, 6.45) is 2.64. The number of nitrogens with zero attached hydrogens (tertiary/aromatic N) is 2. The van der Waals surface area contributed by atoms with Gasteiger partial charge in [-0.2, -0.15) is 0 Å². The van der Waals surface area contributed by atoms with Gasteiger partial charge in [0, 0.05) is 19.1 Å². The molecule has 24 heavy (non-hydrogen) atoms.